The van der Waals surface area contributed by atoms with Crippen molar-refractivity contribution in [2.24, 2.45) is 14.1 Å². The number of nitrogens with two attached hydrogens (primary N) is 1. The van der Waals surface area contributed by atoms with Gasteiger partial charge in [0.1, 0.15) is 11.6 Å². The van der Waals surface area contributed by atoms with Gasteiger partial charge < -0.3 is 15.8 Å². The summed E-state index contributed by atoms with van der Waals surface area (Å²) < 4.78 is 2.11. The van der Waals surface area contributed by atoms with E-state index in [1.807, 2.05) is 35.7 Å². The average Bonchev–Trinajstić information content (AvgIpc) is 3.35. The molecule has 0 aliphatic rings. The van der Waals surface area contributed by atoms with Crippen molar-refractivity contribution in [2.75, 3.05) is 5.73 Å². The Balaban J connectivity index is 1.92. The van der Waals surface area contributed by atoms with Gasteiger partial charge in [-0.1, -0.05) is 36.4 Å². The molecule has 166 valence electrons. The van der Waals surface area contributed by atoms with Gasteiger partial charge in [0, 0.05) is 29.7 Å². The van der Waals surface area contributed by atoms with Gasteiger partial charge >= 0.3 is 5.69 Å². The fraction of sp³-hybridized carbons (Fsp3) is 0.125. The third kappa shape index (κ3) is 3.00. The summed E-state index contributed by atoms with van der Waals surface area (Å²) in [5.74, 6) is -1.25. The predicted octanol–water partition coefficient (Wildman–Crippen LogP) is 2.61. The number of nitrogen functional groups attached to an aromatic ring is 1. The molecule has 0 radical (unpaired) electrons. The summed E-state index contributed by atoms with van der Waals surface area (Å²) in [6.07, 6.45) is 0. The highest BCUT2D eigenvalue weighted by Gasteiger charge is 2.31. The lowest BCUT2D eigenvalue weighted by Gasteiger charge is -2.21. The number of aromatic amines is 1. The Labute approximate surface area is 190 Å². The van der Waals surface area contributed by atoms with E-state index in [0.717, 1.165) is 19.9 Å². The van der Waals surface area contributed by atoms with Crippen LogP contribution in [0.5, 0.6) is 5.75 Å². The first kappa shape index (κ1) is 20.8. The van der Waals surface area contributed by atoms with Crippen LogP contribution in [0.15, 0.2) is 68.3 Å². The van der Waals surface area contributed by atoms with E-state index in [1.165, 1.54) is 25.4 Å². The smallest absolute Gasteiger partial charge is 0.332 e. The molecule has 1 unspecified atom stereocenters. The first-order valence-corrected chi connectivity index (χ1v) is 11.0. The molecular weight excluding hydrogens is 440 g/mol. The first-order chi connectivity index (χ1) is 15.8. The van der Waals surface area contributed by atoms with Crippen LogP contribution in [-0.4, -0.2) is 19.2 Å². The van der Waals surface area contributed by atoms with Gasteiger partial charge in [-0.05, 0) is 22.9 Å². The number of fused-ring (bicyclic) bond motifs is 3. The third-order valence-corrected chi connectivity index (χ3v) is 7.01. The summed E-state index contributed by atoms with van der Waals surface area (Å²) >= 11 is 1.32. The molecule has 5 rings (SSSR count). The Morgan fingerprint density at radius 1 is 0.939 bits per heavy atom. The molecule has 1 atom stereocenters. The van der Waals surface area contributed by atoms with Crippen molar-refractivity contribution in [2.45, 2.75) is 5.92 Å². The monoisotopic (exact) mass is 460 g/mol. The molecule has 5 aromatic rings. The number of hydrogen-bond donors (Lipinski definition) is 3. The number of aromatic nitrogens is 3. The van der Waals surface area contributed by atoms with Gasteiger partial charge in [0.05, 0.1) is 22.6 Å². The summed E-state index contributed by atoms with van der Waals surface area (Å²) in [6.45, 7) is 0. The first-order valence-electron chi connectivity index (χ1n) is 10.2. The molecule has 0 spiro atoms. The van der Waals surface area contributed by atoms with E-state index in [9.17, 15) is 19.5 Å². The average molecular weight is 461 g/mol. The summed E-state index contributed by atoms with van der Waals surface area (Å²) in [4.78, 5) is 42.6. The number of benzene rings is 2. The SMILES string of the molecule is Cn1c(N)c(C(c2cccs2)c2c(O)c3ccc4ccccc4c3[nH]c2=O)c(=O)n(C)c1=O. The Morgan fingerprint density at radius 3 is 2.42 bits per heavy atom. The van der Waals surface area contributed by atoms with Crippen molar-refractivity contribution in [3.05, 3.63) is 101 Å². The van der Waals surface area contributed by atoms with Gasteiger partial charge in [-0.15, -0.1) is 11.3 Å². The lowest BCUT2D eigenvalue weighted by molar-refractivity contribution is 0.471. The van der Waals surface area contributed by atoms with Crippen molar-refractivity contribution in [3.63, 3.8) is 0 Å². The maximum Gasteiger partial charge on any atom is 0.332 e. The molecular formula is C24H20N4O4S. The molecule has 33 heavy (non-hydrogen) atoms. The van der Waals surface area contributed by atoms with E-state index < -0.39 is 22.7 Å². The molecule has 4 N–H and O–H groups in total. The molecule has 2 aromatic carbocycles. The van der Waals surface area contributed by atoms with Gasteiger partial charge in [0.25, 0.3) is 11.1 Å². The minimum absolute atomic E-state index is 0.00248. The molecule has 0 aliphatic heterocycles. The number of hydrogen-bond acceptors (Lipinski definition) is 6. The van der Waals surface area contributed by atoms with Crippen LogP contribution in [0.4, 0.5) is 5.82 Å². The van der Waals surface area contributed by atoms with Gasteiger partial charge in [0.15, 0.2) is 0 Å². The fourth-order valence-electron chi connectivity index (χ4n) is 4.35. The van der Waals surface area contributed by atoms with Gasteiger partial charge in [-0.25, -0.2) is 4.79 Å². The van der Waals surface area contributed by atoms with Crippen LogP contribution in [0.1, 0.15) is 21.9 Å². The number of H-pyrrole nitrogens is 1. The van der Waals surface area contributed by atoms with Crippen LogP contribution >= 0.6 is 11.3 Å². The van der Waals surface area contributed by atoms with Crippen molar-refractivity contribution in [3.8, 4) is 5.75 Å². The van der Waals surface area contributed by atoms with Crippen molar-refractivity contribution < 1.29 is 5.11 Å². The Bertz CT molecular complexity index is 1730. The quantitative estimate of drug-likeness (QED) is 0.357. The largest absolute Gasteiger partial charge is 0.507 e. The van der Waals surface area contributed by atoms with Gasteiger partial charge in [-0.2, -0.15) is 0 Å². The molecule has 0 amide bonds. The van der Waals surface area contributed by atoms with Crippen LogP contribution in [0.3, 0.4) is 0 Å². The molecule has 3 heterocycles. The van der Waals surface area contributed by atoms with Crippen molar-refractivity contribution in [1.29, 1.82) is 0 Å². The number of nitrogens with one attached hydrogen (secondary N) is 1. The van der Waals surface area contributed by atoms with Crippen molar-refractivity contribution in [1.82, 2.24) is 14.1 Å². The Hall–Kier alpha value is -4.11. The van der Waals surface area contributed by atoms with Crippen LogP contribution in [0, 0.1) is 0 Å². The molecule has 0 aliphatic carbocycles. The van der Waals surface area contributed by atoms with Gasteiger partial charge in [-0.3, -0.25) is 18.7 Å². The zero-order valence-electron chi connectivity index (χ0n) is 17.8. The number of nitrogens with zero attached hydrogens (tertiary/aromatic N) is 2. The number of thiophene rings is 1. The molecule has 0 saturated heterocycles. The zero-order chi connectivity index (χ0) is 23.4. The fourth-order valence-corrected chi connectivity index (χ4v) is 5.19. The minimum atomic E-state index is -0.963. The van der Waals surface area contributed by atoms with E-state index in [4.69, 9.17) is 5.73 Å². The molecule has 9 heteroatoms. The highest BCUT2D eigenvalue weighted by molar-refractivity contribution is 7.10. The zero-order valence-corrected chi connectivity index (χ0v) is 18.6. The second kappa shape index (κ2) is 7.49. The second-order valence-corrected chi connectivity index (χ2v) is 8.86. The summed E-state index contributed by atoms with van der Waals surface area (Å²) in [5, 5.41) is 15.3. The van der Waals surface area contributed by atoms with E-state index in [0.29, 0.717) is 15.8 Å². The van der Waals surface area contributed by atoms with Crippen LogP contribution < -0.4 is 22.5 Å². The Morgan fingerprint density at radius 2 is 1.70 bits per heavy atom. The van der Waals surface area contributed by atoms with E-state index >= 15 is 0 Å². The lowest BCUT2D eigenvalue weighted by atomic mass is 9.89. The molecule has 0 bridgehead atoms. The van der Waals surface area contributed by atoms with Crippen LogP contribution in [0.2, 0.25) is 0 Å². The van der Waals surface area contributed by atoms with Crippen LogP contribution in [-0.2, 0) is 14.1 Å². The predicted molar refractivity (Wildman–Crippen MR) is 130 cm³/mol. The van der Waals surface area contributed by atoms with E-state index in [1.54, 1.807) is 18.2 Å². The van der Waals surface area contributed by atoms with Gasteiger partial charge in [0.2, 0.25) is 0 Å². The molecule has 3 aromatic heterocycles. The molecule has 8 nitrogen and oxygen atoms in total. The van der Waals surface area contributed by atoms with Crippen molar-refractivity contribution >= 4 is 38.8 Å². The minimum Gasteiger partial charge on any atom is -0.507 e. The summed E-state index contributed by atoms with van der Waals surface area (Å²) in [7, 11) is 2.82. The number of rotatable bonds is 3. The topological polar surface area (TPSA) is 123 Å². The maximum atomic E-state index is 13.4. The molecule has 0 fully saturated rings. The highest BCUT2D eigenvalue weighted by Crippen LogP contribution is 2.40. The third-order valence-electron chi connectivity index (χ3n) is 6.07. The summed E-state index contributed by atoms with van der Waals surface area (Å²) in [6, 6.07) is 14.7. The molecule has 0 saturated carbocycles. The van der Waals surface area contributed by atoms with Crippen LogP contribution in [0.25, 0.3) is 21.7 Å². The second-order valence-electron chi connectivity index (χ2n) is 7.88. The van der Waals surface area contributed by atoms with E-state index in [2.05, 4.69) is 4.98 Å². The maximum absolute atomic E-state index is 13.4. The summed E-state index contributed by atoms with van der Waals surface area (Å²) in [5.41, 5.74) is 5.08. The number of anilines is 1. The van der Waals surface area contributed by atoms with E-state index in [-0.39, 0.29) is 22.7 Å². The number of aromatic hydroxyl groups is 1. The normalized spacial score (nSPS) is 12.4. The number of pyridine rings is 1. The Kier molecular flexibility index (Phi) is 4.71. The standard InChI is InChI=1S/C24H20N4O4S/c1-27-21(25)18(23(31)28(2)24(27)32)16(15-8-5-11-33-15)17-20(29)14-10-9-12-6-3-4-7-13(12)19(14)26-22(17)30/h3-11,16H,25H2,1-2H3,(H2,26,29,30). The highest BCUT2D eigenvalue weighted by atomic mass is 32.1. The lowest BCUT2D eigenvalue weighted by Crippen LogP contribution is -2.41.